The number of piperazine rings is 1. The van der Waals surface area contributed by atoms with Gasteiger partial charge >= 0.3 is 0 Å². The molecule has 1 amide bonds. The molecule has 6 aromatic rings. The van der Waals surface area contributed by atoms with E-state index in [-0.39, 0.29) is 58.2 Å². The van der Waals surface area contributed by atoms with Crippen molar-refractivity contribution in [1.82, 2.24) is 29.5 Å². The Labute approximate surface area is 518 Å². The normalized spacial score (nSPS) is 24.2. The van der Waals surface area contributed by atoms with Crippen LogP contribution >= 0.6 is 0 Å². The minimum atomic E-state index is -4.71. The second-order valence-electron chi connectivity index (χ2n) is 25.9. The van der Waals surface area contributed by atoms with Gasteiger partial charge in [-0.25, -0.2) is 22.5 Å². The average molecular weight is 1240 g/mol. The first-order valence-corrected chi connectivity index (χ1v) is 32.9. The van der Waals surface area contributed by atoms with Gasteiger partial charge in [-0.1, -0.05) is 18.2 Å². The lowest BCUT2D eigenvalue weighted by atomic mass is 9.59. The van der Waals surface area contributed by atoms with Gasteiger partial charge < -0.3 is 53.8 Å². The number of aromatic amines is 1. The highest BCUT2D eigenvalue weighted by molar-refractivity contribution is 7.90. The van der Waals surface area contributed by atoms with E-state index in [9.17, 15) is 28.4 Å². The third-order valence-corrected chi connectivity index (χ3v) is 20.9. The van der Waals surface area contributed by atoms with Crippen molar-refractivity contribution in [1.29, 1.82) is 0 Å². The molecule has 5 aliphatic heterocycles. The van der Waals surface area contributed by atoms with Crippen molar-refractivity contribution in [2.75, 3.05) is 106 Å². The van der Waals surface area contributed by atoms with E-state index < -0.39 is 55.0 Å². The topological polar surface area (TPSA) is 243 Å². The molecule has 4 N–H and O–H groups in total. The number of rotatable bonds is 17. The molecule has 24 heteroatoms. The predicted octanol–water partition coefficient (Wildman–Crippen LogP) is 9.11. The number of para-hydroxylation sites is 1. The molecule has 7 aliphatic rings. The number of nitro benzene ring substituents is 1. The van der Waals surface area contributed by atoms with E-state index in [4.69, 9.17) is 33.7 Å². The summed E-state index contributed by atoms with van der Waals surface area (Å²) in [4.78, 5) is 50.5. The van der Waals surface area contributed by atoms with Gasteiger partial charge in [-0.15, -0.1) is 0 Å². The molecule has 4 saturated heterocycles. The maximum absolute atomic E-state index is 15.5. The molecule has 8 heterocycles. The second kappa shape index (κ2) is 24.8. The Morgan fingerprint density at radius 1 is 0.921 bits per heavy atom. The molecule has 6 fully saturated rings. The zero-order chi connectivity index (χ0) is 61.8. The molecular weight excluding hydrogens is 1160 g/mol. The number of benzene rings is 3. The Kier molecular flexibility index (Phi) is 16.9. The van der Waals surface area contributed by atoms with Crippen molar-refractivity contribution in [3.8, 4) is 17.4 Å². The van der Waals surface area contributed by atoms with Crippen LogP contribution in [-0.4, -0.2) is 165 Å². The van der Waals surface area contributed by atoms with Gasteiger partial charge in [0.2, 0.25) is 5.88 Å². The number of ether oxygens (including phenoxy) is 5. The van der Waals surface area contributed by atoms with Crippen LogP contribution in [0.25, 0.3) is 11.0 Å². The number of fused-ring (bicyclic) bond motifs is 3. The summed E-state index contributed by atoms with van der Waals surface area (Å²) in [6.45, 7) is 14.6. The Balaban J connectivity index is 0.751. The standard InChI is InChI=1S/C65H80FN11O11S/c1-41(2)87-57-8-6-5-7-47(57)56-39-72(38-43-29-58(84-4)61(69-36-43)74-24-27-85-28-25-74)22-23-75(56)45-33-65(34-45)18-20-73(21-19-65)44-9-11-48(53(30-44)76-52-15-26-86-40-59(52)88-63-55(76)32-49-50(66)37-68-60(49)70-63)62(78)71-89(82,83)46-10-12-51(54(31-46)77(80)81)67-35-42-13-16-64(3,79)17-14-42/h5-12,29-32,36-37,41-42,45,52,56,59,67,79H,13-28,33-35,38-40H2,1-4H3,(H,68,70)(H,71,78)/t42?,52-,56+,59-,64?/m0/s1. The van der Waals surface area contributed by atoms with Gasteiger partial charge in [-0.05, 0) is 144 Å². The van der Waals surface area contributed by atoms with Crippen LogP contribution in [0.1, 0.15) is 106 Å². The highest BCUT2D eigenvalue weighted by Gasteiger charge is 2.51. The van der Waals surface area contributed by atoms with Crippen molar-refractivity contribution in [2.24, 2.45) is 11.3 Å². The van der Waals surface area contributed by atoms with Crippen LogP contribution in [0.15, 0.2) is 90.1 Å². The lowest BCUT2D eigenvalue weighted by Crippen LogP contribution is -2.59. The number of nitro groups is 1. The number of H-pyrrole nitrogens is 1. The number of carbonyl (C=O) groups excluding carboxylic acids is 1. The molecule has 22 nitrogen and oxygen atoms in total. The molecule has 0 radical (unpaired) electrons. The number of nitrogens with one attached hydrogen (secondary N) is 3. The molecule has 1 spiro atoms. The number of nitrogens with zero attached hydrogens (tertiary/aromatic N) is 8. The number of hydrogen-bond acceptors (Lipinski definition) is 19. The molecule has 3 atom stereocenters. The number of anilines is 5. The monoisotopic (exact) mass is 1240 g/mol. The fourth-order valence-corrected chi connectivity index (χ4v) is 15.7. The van der Waals surface area contributed by atoms with Gasteiger partial charge in [0.05, 0.1) is 77.2 Å². The lowest BCUT2D eigenvalue weighted by Gasteiger charge is -2.58. The van der Waals surface area contributed by atoms with E-state index in [1.165, 1.54) is 23.9 Å². The quantitative estimate of drug-likeness (QED) is 0.0491. The predicted molar refractivity (Wildman–Crippen MR) is 335 cm³/mol. The number of aromatic nitrogens is 3. The lowest BCUT2D eigenvalue weighted by molar-refractivity contribution is -0.384. The second-order valence-corrected chi connectivity index (χ2v) is 27.6. The van der Waals surface area contributed by atoms with Crippen LogP contribution in [0.5, 0.6) is 17.4 Å². The van der Waals surface area contributed by atoms with Crippen molar-refractivity contribution < 1.29 is 51.3 Å². The Hall–Kier alpha value is -7.35. The van der Waals surface area contributed by atoms with Crippen LogP contribution < -0.4 is 38.9 Å². The van der Waals surface area contributed by atoms with Crippen molar-refractivity contribution >= 4 is 61.2 Å². The van der Waals surface area contributed by atoms with Crippen LogP contribution in [0, 0.1) is 27.3 Å². The summed E-state index contributed by atoms with van der Waals surface area (Å²) in [5, 5.41) is 26.3. The zero-order valence-electron chi connectivity index (χ0n) is 51.0. The zero-order valence-corrected chi connectivity index (χ0v) is 51.8. The Morgan fingerprint density at radius 2 is 1.71 bits per heavy atom. The van der Waals surface area contributed by atoms with Gasteiger partial charge in [-0.2, -0.15) is 4.98 Å². The number of carbonyl (C=O) groups is 1. The summed E-state index contributed by atoms with van der Waals surface area (Å²) in [6.07, 6.45) is 9.80. The third-order valence-electron chi connectivity index (χ3n) is 19.6. The Bertz CT molecular complexity index is 3710. The molecule has 474 valence electrons. The van der Waals surface area contributed by atoms with E-state index in [0.717, 1.165) is 126 Å². The number of halogens is 1. The Morgan fingerprint density at radius 3 is 2.47 bits per heavy atom. The number of morpholine rings is 1. The molecule has 3 aromatic heterocycles. The first-order valence-electron chi connectivity index (χ1n) is 31.4. The maximum atomic E-state index is 15.5. The van der Waals surface area contributed by atoms with Crippen molar-refractivity contribution in [2.45, 2.75) is 126 Å². The molecule has 0 bridgehead atoms. The first-order chi connectivity index (χ1) is 42.9. The van der Waals surface area contributed by atoms with Crippen LogP contribution in [0.3, 0.4) is 0 Å². The number of pyridine rings is 2. The van der Waals surface area contributed by atoms with E-state index in [0.29, 0.717) is 63.0 Å². The van der Waals surface area contributed by atoms with E-state index in [2.05, 4.69) is 72.7 Å². The number of amides is 1. The van der Waals surface area contributed by atoms with Gasteiger partial charge in [0.1, 0.15) is 34.7 Å². The summed E-state index contributed by atoms with van der Waals surface area (Å²) in [5.74, 6) is 1.40. The molecule has 2 saturated carbocycles. The van der Waals surface area contributed by atoms with Gasteiger partial charge in [0, 0.05) is 101 Å². The van der Waals surface area contributed by atoms with E-state index in [1.807, 2.05) is 29.3 Å². The van der Waals surface area contributed by atoms with E-state index in [1.54, 1.807) is 26.2 Å². The number of hydrogen-bond donors (Lipinski definition) is 4. The van der Waals surface area contributed by atoms with Crippen molar-refractivity contribution in [3.05, 3.63) is 118 Å². The first kappa shape index (κ1) is 60.6. The molecule has 3 aromatic carbocycles. The summed E-state index contributed by atoms with van der Waals surface area (Å²) in [6, 6.07) is 21.2. The summed E-state index contributed by atoms with van der Waals surface area (Å²) >= 11 is 0. The third kappa shape index (κ3) is 12.5. The summed E-state index contributed by atoms with van der Waals surface area (Å²) in [7, 11) is -3.00. The smallest absolute Gasteiger partial charge is 0.293 e. The number of sulfonamides is 1. The van der Waals surface area contributed by atoms with Crippen LogP contribution in [-0.2, 0) is 26.0 Å². The fraction of sp³-hybridized carbons (Fsp3) is 0.523. The molecule has 13 rings (SSSR count). The number of methoxy groups -OCH3 is 1. The minimum Gasteiger partial charge on any atom is -0.493 e. The van der Waals surface area contributed by atoms with E-state index >= 15 is 4.39 Å². The molecular formula is C65H80FN11O11S. The SMILES string of the molecule is COc1cc(CN2CCN(C3CC4(CCN(c5ccc(C(=O)NS(=O)(=O)c6ccc(NCC7CCC(C)(O)CC7)c([N+](=O)[O-])c6)c(N6c7cc8c(F)c[nH]c8nc7O[C@H]7COCC[C@@H]76)c5)CC4)C3)[C@@H](c3ccccc3OC(C)C)C2)cnc1N1CCOCC1. The molecule has 89 heavy (non-hydrogen) atoms. The van der Waals surface area contributed by atoms with Crippen LogP contribution in [0.2, 0.25) is 0 Å². The van der Waals surface area contributed by atoms with Gasteiger partial charge in [0.25, 0.3) is 21.6 Å². The van der Waals surface area contributed by atoms with Gasteiger partial charge in [-0.3, -0.25) is 24.7 Å². The summed E-state index contributed by atoms with van der Waals surface area (Å²) in [5.41, 5.74) is 3.21. The minimum absolute atomic E-state index is 0.00714. The highest BCUT2D eigenvalue weighted by Crippen LogP contribution is 2.54. The maximum Gasteiger partial charge on any atom is 0.293 e. The molecule has 2 aliphatic carbocycles. The highest BCUT2D eigenvalue weighted by atomic mass is 32.2. The van der Waals surface area contributed by atoms with Crippen molar-refractivity contribution in [3.63, 3.8) is 0 Å². The van der Waals surface area contributed by atoms with Gasteiger partial charge in [0.15, 0.2) is 11.6 Å². The average Bonchev–Trinajstić information content (AvgIpc) is 2.17. The number of piperidine rings is 1. The largest absolute Gasteiger partial charge is 0.493 e. The molecule has 0 unspecified atom stereocenters. The summed E-state index contributed by atoms with van der Waals surface area (Å²) < 4.78 is 76.8. The number of aliphatic hydroxyl groups is 1. The fourth-order valence-electron chi connectivity index (χ4n) is 14.7. The van der Waals surface area contributed by atoms with Crippen LogP contribution in [0.4, 0.5) is 38.6 Å².